The minimum absolute atomic E-state index is 0.121. The van der Waals surface area contributed by atoms with Crippen molar-refractivity contribution in [2.24, 2.45) is 5.41 Å². The van der Waals surface area contributed by atoms with Gasteiger partial charge in [0.1, 0.15) is 5.82 Å². The largest absolute Gasteiger partial charge is 0.207 e. The third kappa shape index (κ3) is 3.98. The molecule has 1 rings (SSSR count). The van der Waals surface area contributed by atoms with Crippen LogP contribution in [0, 0.1) is 18.2 Å². The van der Waals surface area contributed by atoms with Crippen molar-refractivity contribution in [3.05, 3.63) is 35.1 Å². The summed E-state index contributed by atoms with van der Waals surface area (Å²) in [6.07, 6.45) is 5.43. The van der Waals surface area contributed by atoms with Gasteiger partial charge in [0.15, 0.2) is 0 Å². The molecule has 0 amide bonds. The van der Waals surface area contributed by atoms with E-state index in [0.717, 1.165) is 30.4 Å². The van der Waals surface area contributed by atoms with Gasteiger partial charge in [0.2, 0.25) is 0 Å². The molecule has 0 aliphatic carbocycles. The highest BCUT2D eigenvalue weighted by atomic mass is 35.5. The van der Waals surface area contributed by atoms with E-state index in [-0.39, 0.29) is 11.2 Å². The van der Waals surface area contributed by atoms with Crippen molar-refractivity contribution in [1.29, 1.82) is 0 Å². The normalized spacial score (nSPS) is 14.5. The van der Waals surface area contributed by atoms with Crippen LogP contribution < -0.4 is 0 Å². The van der Waals surface area contributed by atoms with Gasteiger partial charge in [0.25, 0.3) is 0 Å². The average molecular weight is 271 g/mol. The van der Waals surface area contributed by atoms with E-state index >= 15 is 0 Å². The van der Waals surface area contributed by atoms with Crippen molar-refractivity contribution >= 4 is 11.6 Å². The average Bonchev–Trinajstić information content (AvgIpc) is 2.39. The molecule has 0 fully saturated rings. The van der Waals surface area contributed by atoms with Crippen LogP contribution in [-0.2, 0) is 6.42 Å². The summed E-state index contributed by atoms with van der Waals surface area (Å²) in [7, 11) is 0. The van der Waals surface area contributed by atoms with Crippen LogP contribution in [-0.4, -0.2) is 5.88 Å². The molecule has 0 nitrogen and oxygen atoms in total. The third-order valence-corrected chi connectivity index (χ3v) is 4.54. The topological polar surface area (TPSA) is 0 Å². The van der Waals surface area contributed by atoms with Crippen molar-refractivity contribution in [2.45, 2.75) is 52.9 Å². The Balaban J connectivity index is 2.91. The summed E-state index contributed by atoms with van der Waals surface area (Å²) in [5.74, 6) is 0.505. The summed E-state index contributed by atoms with van der Waals surface area (Å²) in [6.45, 7) is 6.43. The molecule has 0 heterocycles. The number of aryl methyl sites for hydroxylation is 1. The number of benzene rings is 1. The number of rotatable bonds is 7. The highest BCUT2D eigenvalue weighted by molar-refractivity contribution is 6.18. The third-order valence-electron chi connectivity index (χ3n) is 3.97. The quantitative estimate of drug-likeness (QED) is 0.574. The van der Waals surface area contributed by atoms with Crippen molar-refractivity contribution in [1.82, 2.24) is 0 Å². The summed E-state index contributed by atoms with van der Waals surface area (Å²) in [4.78, 5) is 0. The van der Waals surface area contributed by atoms with Gasteiger partial charge in [-0.15, -0.1) is 11.6 Å². The van der Waals surface area contributed by atoms with Crippen LogP contribution in [0.2, 0.25) is 0 Å². The minimum atomic E-state index is -0.148. The monoisotopic (exact) mass is 270 g/mol. The molecule has 1 atom stereocenters. The smallest absolute Gasteiger partial charge is 0.123 e. The van der Waals surface area contributed by atoms with E-state index < -0.39 is 0 Å². The lowest BCUT2D eigenvalue weighted by Crippen LogP contribution is -2.25. The first kappa shape index (κ1) is 15.5. The first-order chi connectivity index (χ1) is 8.56. The zero-order chi connectivity index (χ0) is 13.6. The van der Waals surface area contributed by atoms with Crippen LogP contribution in [0.5, 0.6) is 0 Å². The Morgan fingerprint density at radius 3 is 2.56 bits per heavy atom. The molecule has 0 aliphatic heterocycles. The van der Waals surface area contributed by atoms with Gasteiger partial charge in [-0.2, -0.15) is 0 Å². The Morgan fingerprint density at radius 1 is 1.28 bits per heavy atom. The highest BCUT2D eigenvalue weighted by Crippen LogP contribution is 2.35. The molecule has 0 saturated carbocycles. The molecule has 0 spiro atoms. The second kappa shape index (κ2) is 7.13. The van der Waals surface area contributed by atoms with Gasteiger partial charge in [0, 0.05) is 5.88 Å². The summed E-state index contributed by atoms with van der Waals surface area (Å²) >= 11 is 6.21. The molecule has 102 valence electrons. The lowest BCUT2D eigenvalue weighted by atomic mass is 9.76. The molecule has 18 heavy (non-hydrogen) atoms. The molecule has 0 aliphatic rings. The molecule has 2 heteroatoms. The van der Waals surface area contributed by atoms with Crippen molar-refractivity contribution in [3.8, 4) is 0 Å². The maximum atomic E-state index is 13.3. The predicted octanol–water partition coefficient (Wildman–Crippen LogP) is 5.50. The van der Waals surface area contributed by atoms with E-state index in [1.54, 1.807) is 6.07 Å². The first-order valence-electron chi connectivity index (χ1n) is 6.88. The Labute approximate surface area is 116 Å². The fourth-order valence-electron chi connectivity index (χ4n) is 2.38. The van der Waals surface area contributed by atoms with Gasteiger partial charge in [-0.05, 0) is 54.9 Å². The van der Waals surface area contributed by atoms with Gasteiger partial charge in [-0.3, -0.25) is 0 Å². The molecule has 1 unspecified atom stereocenters. The van der Waals surface area contributed by atoms with Gasteiger partial charge < -0.3 is 0 Å². The Morgan fingerprint density at radius 2 is 2.00 bits per heavy atom. The molecular formula is C16H24ClF. The molecular weight excluding hydrogens is 247 g/mol. The number of halogens is 2. The van der Waals surface area contributed by atoms with Crippen LogP contribution in [0.25, 0.3) is 0 Å². The van der Waals surface area contributed by atoms with Crippen molar-refractivity contribution in [2.75, 3.05) is 5.88 Å². The minimum Gasteiger partial charge on any atom is -0.207 e. The first-order valence-corrected chi connectivity index (χ1v) is 7.41. The zero-order valence-electron chi connectivity index (χ0n) is 11.7. The van der Waals surface area contributed by atoms with E-state index in [0.29, 0.717) is 5.88 Å². The number of unbranched alkanes of at least 4 members (excludes halogenated alkanes) is 1. The van der Waals surface area contributed by atoms with Crippen LogP contribution in [0.15, 0.2) is 18.2 Å². The van der Waals surface area contributed by atoms with E-state index in [9.17, 15) is 4.39 Å². The number of alkyl halides is 1. The second-order valence-electron chi connectivity index (χ2n) is 5.34. The summed E-state index contributed by atoms with van der Waals surface area (Å²) in [6, 6.07) is 5.05. The van der Waals surface area contributed by atoms with Gasteiger partial charge in [-0.1, -0.05) is 32.8 Å². The van der Waals surface area contributed by atoms with E-state index in [4.69, 9.17) is 11.6 Å². The maximum Gasteiger partial charge on any atom is 0.123 e. The second-order valence-corrected chi connectivity index (χ2v) is 5.61. The molecule has 1 aromatic rings. The summed E-state index contributed by atoms with van der Waals surface area (Å²) in [5, 5.41) is 0. The predicted molar refractivity (Wildman–Crippen MR) is 77.8 cm³/mol. The fourth-order valence-corrected chi connectivity index (χ4v) is 2.80. The molecule has 0 radical (unpaired) electrons. The van der Waals surface area contributed by atoms with Crippen LogP contribution >= 0.6 is 11.6 Å². The standard InChI is InChI=1S/C16H24ClF/c1-4-6-9-16(5-2,12-17)11-14-10-15(18)8-7-13(14)3/h7-8,10H,4-6,9,11-12H2,1-3H3. The molecule has 0 aromatic heterocycles. The molecule has 0 N–H and O–H groups in total. The van der Waals surface area contributed by atoms with Crippen LogP contribution in [0.4, 0.5) is 4.39 Å². The van der Waals surface area contributed by atoms with E-state index in [2.05, 4.69) is 13.8 Å². The maximum absolute atomic E-state index is 13.3. The van der Waals surface area contributed by atoms with Gasteiger partial charge in [0.05, 0.1) is 0 Å². The van der Waals surface area contributed by atoms with Gasteiger partial charge in [-0.25, -0.2) is 4.39 Å². The number of hydrogen-bond donors (Lipinski definition) is 0. The zero-order valence-corrected chi connectivity index (χ0v) is 12.5. The van der Waals surface area contributed by atoms with Crippen molar-refractivity contribution in [3.63, 3.8) is 0 Å². The Bertz CT molecular complexity index is 369. The van der Waals surface area contributed by atoms with Crippen LogP contribution in [0.3, 0.4) is 0 Å². The molecule has 0 bridgehead atoms. The molecule has 0 saturated heterocycles. The van der Waals surface area contributed by atoms with E-state index in [1.165, 1.54) is 18.9 Å². The molecule has 1 aromatic carbocycles. The summed E-state index contributed by atoms with van der Waals surface area (Å²) in [5.41, 5.74) is 2.39. The SMILES string of the molecule is CCCCC(CC)(CCl)Cc1cc(F)ccc1C. The summed E-state index contributed by atoms with van der Waals surface area (Å²) < 4.78 is 13.3. The lowest BCUT2D eigenvalue weighted by molar-refractivity contribution is 0.278. The van der Waals surface area contributed by atoms with Crippen LogP contribution in [0.1, 0.15) is 50.7 Å². The fraction of sp³-hybridized carbons (Fsp3) is 0.625. The Kier molecular flexibility index (Phi) is 6.14. The highest BCUT2D eigenvalue weighted by Gasteiger charge is 2.27. The number of hydrogen-bond acceptors (Lipinski definition) is 0. The van der Waals surface area contributed by atoms with Crippen molar-refractivity contribution < 1.29 is 4.39 Å². The lowest BCUT2D eigenvalue weighted by Gasteiger charge is -2.31. The van der Waals surface area contributed by atoms with Gasteiger partial charge >= 0.3 is 0 Å². The van der Waals surface area contributed by atoms with E-state index in [1.807, 2.05) is 13.0 Å². The Hall–Kier alpha value is -0.560.